The number of hydrogen-bond acceptors (Lipinski definition) is 3. The number of aliphatic imine (C=N–C) groups is 1. The summed E-state index contributed by atoms with van der Waals surface area (Å²) in [6.45, 7) is 5.93. The number of aromatic nitrogens is 2. The topological polar surface area (TPSA) is 57.5 Å². The predicted molar refractivity (Wildman–Crippen MR) is 102 cm³/mol. The van der Waals surface area contributed by atoms with Crippen molar-refractivity contribution in [3.8, 4) is 0 Å². The average Bonchev–Trinajstić information content (AvgIpc) is 2.88. The van der Waals surface area contributed by atoms with Gasteiger partial charge in [0.05, 0.1) is 11.0 Å². The van der Waals surface area contributed by atoms with Crippen LogP contribution in [0.3, 0.4) is 0 Å². The highest BCUT2D eigenvalue weighted by Crippen LogP contribution is 2.15. The van der Waals surface area contributed by atoms with Crippen molar-refractivity contribution in [2.75, 3.05) is 40.8 Å². The van der Waals surface area contributed by atoms with E-state index in [4.69, 9.17) is 0 Å². The molecule has 0 amide bonds. The van der Waals surface area contributed by atoms with Crippen molar-refractivity contribution in [3.05, 3.63) is 30.1 Å². The number of para-hydroxylation sites is 2. The third-order valence-electron chi connectivity index (χ3n) is 3.99. The number of aryl methyl sites for hydroxylation is 2. The van der Waals surface area contributed by atoms with Gasteiger partial charge in [0.15, 0.2) is 5.96 Å². The third-order valence-corrected chi connectivity index (χ3v) is 3.99. The monoisotopic (exact) mass is 330 g/mol. The zero-order valence-corrected chi connectivity index (χ0v) is 15.3. The fourth-order valence-corrected chi connectivity index (χ4v) is 2.74. The van der Waals surface area contributed by atoms with E-state index in [1.54, 1.807) is 0 Å². The molecule has 0 spiro atoms. The first-order valence-electron chi connectivity index (χ1n) is 8.63. The van der Waals surface area contributed by atoms with E-state index < -0.39 is 0 Å². The molecule has 6 nitrogen and oxygen atoms in total. The van der Waals surface area contributed by atoms with Crippen LogP contribution >= 0.6 is 0 Å². The first kappa shape index (κ1) is 18.3. The average molecular weight is 330 g/mol. The molecule has 0 aliphatic carbocycles. The van der Waals surface area contributed by atoms with E-state index in [1.165, 1.54) is 5.52 Å². The van der Waals surface area contributed by atoms with Crippen molar-refractivity contribution in [1.29, 1.82) is 0 Å². The van der Waals surface area contributed by atoms with Crippen LogP contribution in [0.15, 0.2) is 29.3 Å². The second kappa shape index (κ2) is 9.27. The third kappa shape index (κ3) is 5.23. The summed E-state index contributed by atoms with van der Waals surface area (Å²) in [5.41, 5.74) is 2.28. The molecule has 2 N–H and O–H groups in total. The van der Waals surface area contributed by atoms with Crippen LogP contribution in [-0.4, -0.2) is 61.2 Å². The number of benzene rings is 1. The molecular formula is C18H30N6. The molecule has 0 fully saturated rings. The van der Waals surface area contributed by atoms with Crippen molar-refractivity contribution >= 4 is 17.0 Å². The Bertz CT molecular complexity index is 659. The van der Waals surface area contributed by atoms with Gasteiger partial charge >= 0.3 is 0 Å². The Morgan fingerprint density at radius 1 is 1.17 bits per heavy atom. The van der Waals surface area contributed by atoms with Gasteiger partial charge in [0, 0.05) is 26.7 Å². The van der Waals surface area contributed by atoms with Gasteiger partial charge < -0.3 is 20.1 Å². The number of guanidine groups is 1. The minimum atomic E-state index is 0.876. The lowest BCUT2D eigenvalue weighted by Crippen LogP contribution is -2.39. The molecule has 0 bridgehead atoms. The molecule has 6 heteroatoms. The van der Waals surface area contributed by atoms with Gasteiger partial charge in [-0.25, -0.2) is 4.98 Å². The zero-order chi connectivity index (χ0) is 17.4. The van der Waals surface area contributed by atoms with Crippen LogP contribution in [0.1, 0.15) is 18.7 Å². The fraction of sp³-hybridized carbons (Fsp3) is 0.556. The minimum Gasteiger partial charge on any atom is -0.356 e. The van der Waals surface area contributed by atoms with E-state index in [1.807, 2.05) is 13.1 Å². The molecule has 0 unspecified atom stereocenters. The Kier molecular flexibility index (Phi) is 7.06. The summed E-state index contributed by atoms with van der Waals surface area (Å²) in [5, 5.41) is 6.73. The number of rotatable bonds is 8. The van der Waals surface area contributed by atoms with E-state index in [-0.39, 0.29) is 0 Å². The van der Waals surface area contributed by atoms with Gasteiger partial charge in [0.1, 0.15) is 5.82 Å². The summed E-state index contributed by atoms with van der Waals surface area (Å²) in [6, 6.07) is 8.30. The second-order valence-corrected chi connectivity index (χ2v) is 6.24. The second-order valence-electron chi connectivity index (χ2n) is 6.24. The summed E-state index contributed by atoms with van der Waals surface area (Å²) in [7, 11) is 6.00. The van der Waals surface area contributed by atoms with Crippen LogP contribution in [-0.2, 0) is 6.54 Å². The fourth-order valence-electron chi connectivity index (χ4n) is 2.74. The van der Waals surface area contributed by atoms with Crippen molar-refractivity contribution < 1.29 is 0 Å². The highest BCUT2D eigenvalue weighted by Gasteiger charge is 2.06. The van der Waals surface area contributed by atoms with Crippen LogP contribution in [0.2, 0.25) is 0 Å². The highest BCUT2D eigenvalue weighted by atomic mass is 15.2. The molecular weight excluding hydrogens is 300 g/mol. The smallest absolute Gasteiger partial charge is 0.190 e. The normalized spacial score (nSPS) is 12.1. The molecule has 24 heavy (non-hydrogen) atoms. The summed E-state index contributed by atoms with van der Waals surface area (Å²) < 4.78 is 2.28. The van der Waals surface area contributed by atoms with Crippen LogP contribution in [0.4, 0.5) is 0 Å². The van der Waals surface area contributed by atoms with E-state index in [0.29, 0.717) is 0 Å². The maximum absolute atomic E-state index is 4.61. The number of fused-ring (bicyclic) bond motifs is 1. The van der Waals surface area contributed by atoms with Gasteiger partial charge in [-0.1, -0.05) is 12.1 Å². The van der Waals surface area contributed by atoms with Crippen LogP contribution in [0.25, 0.3) is 11.0 Å². The van der Waals surface area contributed by atoms with Gasteiger partial charge in [0.2, 0.25) is 0 Å². The molecule has 2 aromatic rings. The lowest BCUT2D eigenvalue weighted by atomic mass is 10.3. The molecule has 1 aromatic heterocycles. The predicted octanol–water partition coefficient (Wildman–Crippen LogP) is 1.85. The van der Waals surface area contributed by atoms with Gasteiger partial charge in [-0.3, -0.25) is 4.99 Å². The first-order chi connectivity index (χ1) is 11.6. The molecule has 0 aliphatic rings. The summed E-state index contributed by atoms with van der Waals surface area (Å²) >= 11 is 0. The minimum absolute atomic E-state index is 0.876. The van der Waals surface area contributed by atoms with Gasteiger partial charge in [-0.2, -0.15) is 0 Å². The van der Waals surface area contributed by atoms with Gasteiger partial charge in [-0.15, -0.1) is 0 Å². The van der Waals surface area contributed by atoms with Crippen LogP contribution < -0.4 is 10.6 Å². The Balaban J connectivity index is 1.74. The highest BCUT2D eigenvalue weighted by molar-refractivity contribution is 5.79. The van der Waals surface area contributed by atoms with E-state index in [2.05, 4.69) is 69.3 Å². The number of hydrogen-bond donors (Lipinski definition) is 2. The Morgan fingerprint density at radius 2 is 1.88 bits per heavy atom. The van der Waals surface area contributed by atoms with Crippen molar-refractivity contribution in [3.63, 3.8) is 0 Å². The number of imidazole rings is 1. The van der Waals surface area contributed by atoms with Gasteiger partial charge in [0.25, 0.3) is 0 Å². The largest absolute Gasteiger partial charge is 0.356 e. The van der Waals surface area contributed by atoms with Gasteiger partial charge in [-0.05, 0) is 52.5 Å². The molecule has 0 saturated carbocycles. The molecule has 0 aliphatic heterocycles. The maximum Gasteiger partial charge on any atom is 0.190 e. The van der Waals surface area contributed by atoms with Crippen LogP contribution in [0, 0.1) is 6.92 Å². The lowest BCUT2D eigenvalue weighted by Gasteiger charge is -2.14. The molecule has 0 radical (unpaired) electrons. The quantitative estimate of drug-likeness (QED) is 0.441. The molecule has 0 saturated heterocycles. The lowest BCUT2D eigenvalue weighted by molar-refractivity contribution is 0.399. The molecule has 2 rings (SSSR count). The summed E-state index contributed by atoms with van der Waals surface area (Å²) in [4.78, 5) is 11.1. The van der Waals surface area contributed by atoms with Crippen LogP contribution in [0.5, 0.6) is 0 Å². The van der Waals surface area contributed by atoms with Crippen molar-refractivity contribution in [1.82, 2.24) is 25.1 Å². The SMILES string of the molecule is CN=C(NCCCN(C)C)NCCCn1c(C)nc2ccccc21. The zero-order valence-electron chi connectivity index (χ0n) is 15.3. The first-order valence-corrected chi connectivity index (χ1v) is 8.63. The Morgan fingerprint density at radius 3 is 2.58 bits per heavy atom. The van der Waals surface area contributed by atoms with E-state index >= 15 is 0 Å². The van der Waals surface area contributed by atoms with E-state index in [9.17, 15) is 0 Å². The molecule has 132 valence electrons. The van der Waals surface area contributed by atoms with Crippen molar-refractivity contribution in [2.45, 2.75) is 26.3 Å². The summed E-state index contributed by atoms with van der Waals surface area (Å²) in [6.07, 6.45) is 2.13. The Labute approximate surface area is 145 Å². The number of nitrogens with zero attached hydrogens (tertiary/aromatic N) is 4. The van der Waals surface area contributed by atoms with Crippen molar-refractivity contribution in [2.24, 2.45) is 4.99 Å². The molecule has 1 heterocycles. The number of nitrogens with one attached hydrogen (secondary N) is 2. The molecule has 0 atom stereocenters. The summed E-state index contributed by atoms with van der Waals surface area (Å²) in [5.74, 6) is 1.95. The molecule has 1 aromatic carbocycles. The maximum atomic E-state index is 4.61. The Hall–Kier alpha value is -2.08. The van der Waals surface area contributed by atoms with E-state index in [0.717, 1.165) is 56.3 Å². The standard InChI is InChI=1S/C18H30N6/c1-15-22-16-9-5-6-10-17(16)24(15)14-8-12-21-18(19-2)20-11-7-13-23(3)4/h5-6,9-10H,7-8,11-14H2,1-4H3,(H2,19,20,21).